The summed E-state index contributed by atoms with van der Waals surface area (Å²) in [5.74, 6) is 2.80. The second kappa shape index (κ2) is 7.65. The molecule has 0 fully saturated rings. The number of hydrogen-bond donors (Lipinski definition) is 0. The molecule has 26 heavy (non-hydrogen) atoms. The van der Waals surface area contributed by atoms with Gasteiger partial charge in [0.05, 0.1) is 18.5 Å². The summed E-state index contributed by atoms with van der Waals surface area (Å²) >= 11 is 0. The molecule has 2 aromatic carbocycles. The molecule has 0 aliphatic carbocycles. The van der Waals surface area contributed by atoms with Crippen LogP contribution in [-0.2, 0) is 19.4 Å². The number of aryl methyl sites for hydroxylation is 2. The number of hydrogen-bond acceptors (Lipinski definition) is 3. The van der Waals surface area contributed by atoms with E-state index in [1.807, 2.05) is 30.5 Å². The maximum absolute atomic E-state index is 6.07. The molecule has 1 aromatic heterocycles. The van der Waals surface area contributed by atoms with Gasteiger partial charge in [-0.15, -0.1) is 0 Å². The van der Waals surface area contributed by atoms with Crippen LogP contribution in [0.1, 0.15) is 36.7 Å². The first-order chi connectivity index (χ1) is 12.8. The third-order valence-corrected chi connectivity index (χ3v) is 4.71. The SMILES string of the molecule is CCCCOc1ccc2c(c1)CCc1ncc(OCc3ccccc3)n1-2. The van der Waals surface area contributed by atoms with Gasteiger partial charge in [0.1, 0.15) is 18.2 Å². The van der Waals surface area contributed by atoms with Gasteiger partial charge < -0.3 is 9.47 Å². The van der Waals surface area contributed by atoms with Gasteiger partial charge >= 0.3 is 0 Å². The molecule has 134 valence electrons. The number of ether oxygens (including phenoxy) is 2. The zero-order valence-corrected chi connectivity index (χ0v) is 15.1. The van der Waals surface area contributed by atoms with E-state index >= 15 is 0 Å². The van der Waals surface area contributed by atoms with Crippen LogP contribution < -0.4 is 9.47 Å². The van der Waals surface area contributed by atoms with Crippen LogP contribution in [0.25, 0.3) is 5.69 Å². The Morgan fingerprint density at radius 1 is 1.04 bits per heavy atom. The molecule has 0 amide bonds. The maximum Gasteiger partial charge on any atom is 0.218 e. The largest absolute Gasteiger partial charge is 0.494 e. The summed E-state index contributed by atoms with van der Waals surface area (Å²) in [4.78, 5) is 4.56. The Hall–Kier alpha value is -2.75. The van der Waals surface area contributed by atoms with E-state index in [2.05, 4.69) is 40.7 Å². The minimum Gasteiger partial charge on any atom is -0.494 e. The van der Waals surface area contributed by atoms with Crippen LogP contribution in [0.3, 0.4) is 0 Å². The van der Waals surface area contributed by atoms with E-state index in [9.17, 15) is 0 Å². The second-order valence-corrected chi connectivity index (χ2v) is 6.61. The van der Waals surface area contributed by atoms with Crippen molar-refractivity contribution in [3.8, 4) is 17.3 Å². The third-order valence-electron chi connectivity index (χ3n) is 4.71. The van der Waals surface area contributed by atoms with E-state index in [-0.39, 0.29) is 0 Å². The van der Waals surface area contributed by atoms with Gasteiger partial charge in [0, 0.05) is 6.42 Å². The van der Waals surface area contributed by atoms with Crippen LogP contribution >= 0.6 is 0 Å². The van der Waals surface area contributed by atoms with Crippen molar-refractivity contribution >= 4 is 0 Å². The minimum atomic E-state index is 0.541. The van der Waals surface area contributed by atoms with Crippen LogP contribution in [0.5, 0.6) is 11.6 Å². The molecule has 1 aliphatic heterocycles. The van der Waals surface area contributed by atoms with E-state index < -0.39 is 0 Å². The van der Waals surface area contributed by atoms with Gasteiger partial charge in [0.25, 0.3) is 0 Å². The van der Waals surface area contributed by atoms with Crippen LogP contribution in [0.2, 0.25) is 0 Å². The van der Waals surface area contributed by atoms with Crippen LogP contribution in [0.15, 0.2) is 54.7 Å². The first kappa shape index (κ1) is 16.7. The molecular formula is C22H24N2O2. The summed E-state index contributed by atoms with van der Waals surface area (Å²) in [5, 5.41) is 0. The van der Waals surface area contributed by atoms with Crippen LogP contribution in [0, 0.1) is 0 Å². The van der Waals surface area contributed by atoms with Gasteiger partial charge in [-0.2, -0.15) is 0 Å². The lowest BCUT2D eigenvalue weighted by atomic mass is 10.0. The summed E-state index contributed by atoms with van der Waals surface area (Å²) in [6, 6.07) is 16.5. The highest BCUT2D eigenvalue weighted by Crippen LogP contribution is 2.32. The Balaban J connectivity index is 1.55. The first-order valence-electron chi connectivity index (χ1n) is 9.34. The molecule has 4 rings (SSSR count). The predicted octanol–water partition coefficient (Wildman–Crippen LogP) is 4.73. The second-order valence-electron chi connectivity index (χ2n) is 6.61. The maximum atomic E-state index is 6.07. The van der Waals surface area contributed by atoms with E-state index in [4.69, 9.17) is 9.47 Å². The Labute approximate surface area is 154 Å². The third kappa shape index (κ3) is 3.45. The Bertz CT molecular complexity index is 871. The average Bonchev–Trinajstić information content (AvgIpc) is 3.11. The highest BCUT2D eigenvalue weighted by Gasteiger charge is 2.21. The number of rotatable bonds is 7. The number of nitrogens with zero attached hydrogens (tertiary/aromatic N) is 2. The van der Waals surface area contributed by atoms with Crippen molar-refractivity contribution in [2.24, 2.45) is 0 Å². The number of benzene rings is 2. The molecule has 2 heterocycles. The Morgan fingerprint density at radius 3 is 2.77 bits per heavy atom. The van der Waals surface area contributed by atoms with Crippen molar-refractivity contribution in [3.63, 3.8) is 0 Å². The van der Waals surface area contributed by atoms with Crippen molar-refractivity contribution in [2.75, 3.05) is 6.61 Å². The van der Waals surface area contributed by atoms with E-state index in [1.165, 1.54) is 5.56 Å². The molecule has 0 radical (unpaired) electrons. The zero-order chi connectivity index (χ0) is 17.8. The van der Waals surface area contributed by atoms with Crippen molar-refractivity contribution in [1.82, 2.24) is 9.55 Å². The van der Waals surface area contributed by atoms with Gasteiger partial charge in [-0.1, -0.05) is 43.7 Å². The molecule has 4 heteroatoms. The molecule has 0 atom stereocenters. The lowest BCUT2D eigenvalue weighted by Crippen LogP contribution is -2.14. The number of aromatic nitrogens is 2. The van der Waals surface area contributed by atoms with Gasteiger partial charge in [-0.3, -0.25) is 4.57 Å². The lowest BCUT2D eigenvalue weighted by Gasteiger charge is -2.21. The van der Waals surface area contributed by atoms with Crippen molar-refractivity contribution < 1.29 is 9.47 Å². The van der Waals surface area contributed by atoms with E-state index in [0.717, 1.165) is 61.0 Å². The van der Waals surface area contributed by atoms with Gasteiger partial charge in [0.15, 0.2) is 0 Å². The predicted molar refractivity (Wildman–Crippen MR) is 102 cm³/mol. The van der Waals surface area contributed by atoms with Crippen LogP contribution in [0.4, 0.5) is 0 Å². The first-order valence-corrected chi connectivity index (χ1v) is 9.34. The highest BCUT2D eigenvalue weighted by atomic mass is 16.5. The van der Waals surface area contributed by atoms with E-state index in [1.54, 1.807) is 0 Å². The minimum absolute atomic E-state index is 0.541. The fourth-order valence-corrected chi connectivity index (χ4v) is 3.29. The van der Waals surface area contributed by atoms with Crippen molar-refractivity contribution in [2.45, 2.75) is 39.2 Å². The van der Waals surface area contributed by atoms with Crippen LogP contribution in [-0.4, -0.2) is 16.2 Å². The van der Waals surface area contributed by atoms with Gasteiger partial charge in [-0.05, 0) is 42.2 Å². The number of fused-ring (bicyclic) bond motifs is 3. The fraction of sp³-hybridized carbons (Fsp3) is 0.318. The smallest absolute Gasteiger partial charge is 0.218 e. The Morgan fingerprint density at radius 2 is 1.92 bits per heavy atom. The quantitative estimate of drug-likeness (QED) is 0.579. The molecule has 0 N–H and O–H groups in total. The molecule has 1 aliphatic rings. The van der Waals surface area contributed by atoms with Crippen molar-refractivity contribution in [1.29, 1.82) is 0 Å². The zero-order valence-electron chi connectivity index (χ0n) is 15.1. The normalized spacial score (nSPS) is 12.3. The number of imidazole rings is 1. The van der Waals surface area contributed by atoms with Crippen molar-refractivity contribution in [3.05, 3.63) is 71.7 Å². The lowest BCUT2D eigenvalue weighted by molar-refractivity contribution is 0.287. The number of unbranched alkanes of at least 4 members (excludes halogenated alkanes) is 1. The van der Waals surface area contributed by atoms with E-state index in [0.29, 0.717) is 6.61 Å². The molecule has 4 nitrogen and oxygen atoms in total. The Kier molecular flexibility index (Phi) is 4.91. The molecule has 0 saturated carbocycles. The fourth-order valence-electron chi connectivity index (χ4n) is 3.29. The standard InChI is InChI=1S/C22H24N2O2/c1-2-3-13-25-19-10-11-20-18(14-19)9-12-21-23-15-22(24(20)21)26-16-17-7-5-4-6-8-17/h4-8,10-11,14-15H,2-3,9,12-13,16H2,1H3. The summed E-state index contributed by atoms with van der Waals surface area (Å²) in [7, 11) is 0. The average molecular weight is 348 g/mol. The monoisotopic (exact) mass is 348 g/mol. The molecule has 0 spiro atoms. The van der Waals surface area contributed by atoms with Gasteiger partial charge in [0.2, 0.25) is 5.88 Å². The highest BCUT2D eigenvalue weighted by molar-refractivity contribution is 5.51. The van der Waals surface area contributed by atoms with Gasteiger partial charge in [-0.25, -0.2) is 4.98 Å². The molecule has 0 bridgehead atoms. The summed E-state index contributed by atoms with van der Waals surface area (Å²) < 4.78 is 14.1. The summed E-state index contributed by atoms with van der Waals surface area (Å²) in [6.45, 7) is 3.49. The molecule has 0 saturated heterocycles. The molecule has 3 aromatic rings. The molecular weight excluding hydrogens is 324 g/mol. The summed E-state index contributed by atoms with van der Waals surface area (Å²) in [5.41, 5.74) is 3.59. The summed E-state index contributed by atoms with van der Waals surface area (Å²) in [6.07, 6.45) is 5.96. The molecule has 0 unspecified atom stereocenters. The topological polar surface area (TPSA) is 36.3 Å².